The lowest BCUT2D eigenvalue weighted by Gasteiger charge is -2.34. The first-order valence-electron chi connectivity index (χ1n) is 10.9. The summed E-state index contributed by atoms with van der Waals surface area (Å²) in [6.45, 7) is 8.31. The largest absolute Gasteiger partial charge is 0.326 e. The molecule has 2 saturated heterocycles. The number of carbonyl (C=O) groups excluding carboxylic acids is 1. The van der Waals surface area contributed by atoms with Crippen LogP contribution in [0.4, 0.5) is 5.69 Å². The van der Waals surface area contributed by atoms with Crippen molar-refractivity contribution in [3.63, 3.8) is 0 Å². The van der Waals surface area contributed by atoms with Gasteiger partial charge in [-0.05, 0) is 49.2 Å². The number of benzene rings is 2. The quantitative estimate of drug-likeness (QED) is 0.740. The number of amides is 1. The first-order chi connectivity index (χ1) is 14.3. The molecule has 0 radical (unpaired) electrons. The molecule has 0 bridgehead atoms. The van der Waals surface area contributed by atoms with Crippen LogP contribution in [0.15, 0.2) is 54.6 Å². The molecule has 2 aromatic carbocycles. The third-order valence-electron chi connectivity index (χ3n) is 6.05. The highest BCUT2D eigenvalue weighted by Crippen LogP contribution is 2.17. The number of piperazine rings is 1. The van der Waals surface area contributed by atoms with E-state index in [2.05, 4.69) is 62.9 Å². The summed E-state index contributed by atoms with van der Waals surface area (Å²) in [6, 6.07) is 19.1. The maximum Gasteiger partial charge on any atom is 0.227 e. The van der Waals surface area contributed by atoms with E-state index in [0.717, 1.165) is 70.9 Å². The fourth-order valence-electron chi connectivity index (χ4n) is 4.23. The summed E-state index contributed by atoms with van der Waals surface area (Å²) in [5.41, 5.74) is 3.61. The molecular weight excluding hydrogens is 396 g/mol. The van der Waals surface area contributed by atoms with Crippen LogP contribution in [0.5, 0.6) is 0 Å². The molecule has 162 valence electrons. The van der Waals surface area contributed by atoms with Crippen LogP contribution >= 0.6 is 12.4 Å². The van der Waals surface area contributed by atoms with Crippen LogP contribution in [-0.2, 0) is 17.9 Å². The molecule has 0 spiro atoms. The van der Waals surface area contributed by atoms with Gasteiger partial charge in [0.25, 0.3) is 0 Å². The van der Waals surface area contributed by atoms with Gasteiger partial charge in [0.2, 0.25) is 5.91 Å². The molecule has 0 aromatic heterocycles. The highest BCUT2D eigenvalue weighted by atomic mass is 35.5. The average molecular weight is 429 g/mol. The lowest BCUT2D eigenvalue weighted by Crippen LogP contribution is -2.45. The summed E-state index contributed by atoms with van der Waals surface area (Å²) in [7, 11) is 0. The van der Waals surface area contributed by atoms with E-state index in [1.807, 2.05) is 12.1 Å². The lowest BCUT2D eigenvalue weighted by atomic mass is 9.97. The minimum absolute atomic E-state index is 0. The van der Waals surface area contributed by atoms with Crippen LogP contribution in [0.25, 0.3) is 0 Å². The van der Waals surface area contributed by atoms with Gasteiger partial charge in [-0.25, -0.2) is 0 Å². The Hall–Kier alpha value is -1.92. The number of hydrogen-bond acceptors (Lipinski definition) is 4. The molecule has 4 rings (SSSR count). The molecule has 2 heterocycles. The van der Waals surface area contributed by atoms with Gasteiger partial charge in [0.05, 0.1) is 0 Å². The van der Waals surface area contributed by atoms with Crippen molar-refractivity contribution in [2.24, 2.45) is 5.92 Å². The zero-order chi connectivity index (χ0) is 19.9. The maximum absolute atomic E-state index is 12.4. The Morgan fingerprint density at radius 2 is 1.37 bits per heavy atom. The molecule has 0 atom stereocenters. The van der Waals surface area contributed by atoms with Crippen molar-refractivity contribution in [2.75, 3.05) is 44.6 Å². The standard InChI is InChI=1S/C24H32N4O.ClH/c29-24(22-10-12-25-13-11-22)26-23-8-6-21(7-9-23)19-28-16-14-27(15-17-28)18-20-4-2-1-3-5-20;/h1-9,22,25H,10-19H2,(H,26,29);1H. The molecule has 2 aliphatic rings. The van der Waals surface area contributed by atoms with Crippen molar-refractivity contribution >= 4 is 24.0 Å². The van der Waals surface area contributed by atoms with E-state index < -0.39 is 0 Å². The second-order valence-corrected chi connectivity index (χ2v) is 8.25. The summed E-state index contributed by atoms with van der Waals surface area (Å²) in [5, 5.41) is 6.39. The van der Waals surface area contributed by atoms with Gasteiger partial charge < -0.3 is 10.6 Å². The summed E-state index contributed by atoms with van der Waals surface area (Å²) < 4.78 is 0. The van der Waals surface area contributed by atoms with Crippen molar-refractivity contribution in [3.8, 4) is 0 Å². The Labute approximate surface area is 186 Å². The molecule has 5 nitrogen and oxygen atoms in total. The molecule has 6 heteroatoms. The minimum atomic E-state index is 0. The number of rotatable bonds is 6. The highest BCUT2D eigenvalue weighted by Gasteiger charge is 2.21. The van der Waals surface area contributed by atoms with Gasteiger partial charge in [0.15, 0.2) is 0 Å². The van der Waals surface area contributed by atoms with Crippen molar-refractivity contribution < 1.29 is 4.79 Å². The van der Waals surface area contributed by atoms with Gasteiger partial charge in [-0.3, -0.25) is 14.6 Å². The predicted octanol–water partition coefficient (Wildman–Crippen LogP) is 3.36. The summed E-state index contributed by atoms with van der Waals surface area (Å²) in [4.78, 5) is 17.4. The third kappa shape index (κ3) is 6.54. The molecule has 2 N–H and O–H groups in total. The Balaban J connectivity index is 0.00000256. The fourth-order valence-corrected chi connectivity index (χ4v) is 4.23. The molecule has 0 unspecified atom stereocenters. The van der Waals surface area contributed by atoms with Crippen molar-refractivity contribution in [3.05, 3.63) is 65.7 Å². The zero-order valence-electron chi connectivity index (χ0n) is 17.6. The summed E-state index contributed by atoms with van der Waals surface area (Å²) >= 11 is 0. The fraction of sp³-hybridized carbons (Fsp3) is 0.458. The van der Waals surface area contributed by atoms with E-state index in [-0.39, 0.29) is 24.2 Å². The second-order valence-electron chi connectivity index (χ2n) is 8.25. The van der Waals surface area contributed by atoms with E-state index in [1.54, 1.807) is 0 Å². The zero-order valence-corrected chi connectivity index (χ0v) is 18.4. The van der Waals surface area contributed by atoms with Gasteiger partial charge in [0.1, 0.15) is 0 Å². The van der Waals surface area contributed by atoms with Gasteiger partial charge >= 0.3 is 0 Å². The van der Waals surface area contributed by atoms with Gasteiger partial charge in [-0.15, -0.1) is 12.4 Å². The number of piperidine rings is 1. The predicted molar refractivity (Wildman–Crippen MR) is 125 cm³/mol. The number of hydrogen-bond donors (Lipinski definition) is 2. The van der Waals surface area contributed by atoms with E-state index in [9.17, 15) is 4.79 Å². The molecule has 30 heavy (non-hydrogen) atoms. The number of nitrogens with zero attached hydrogens (tertiary/aromatic N) is 2. The first kappa shape index (κ1) is 22.8. The molecule has 2 aliphatic heterocycles. The van der Waals surface area contributed by atoms with Gasteiger partial charge in [0, 0.05) is 50.9 Å². The van der Waals surface area contributed by atoms with Crippen molar-refractivity contribution in [1.82, 2.24) is 15.1 Å². The van der Waals surface area contributed by atoms with E-state index in [4.69, 9.17) is 0 Å². The maximum atomic E-state index is 12.4. The van der Waals surface area contributed by atoms with Crippen LogP contribution < -0.4 is 10.6 Å². The van der Waals surface area contributed by atoms with Crippen LogP contribution in [0.1, 0.15) is 24.0 Å². The van der Waals surface area contributed by atoms with Crippen LogP contribution in [0.3, 0.4) is 0 Å². The smallest absolute Gasteiger partial charge is 0.227 e. The molecule has 0 aliphatic carbocycles. The lowest BCUT2D eigenvalue weighted by molar-refractivity contribution is -0.120. The highest BCUT2D eigenvalue weighted by molar-refractivity contribution is 5.92. The van der Waals surface area contributed by atoms with Gasteiger partial charge in [-0.2, -0.15) is 0 Å². The normalized spacial score (nSPS) is 18.5. The van der Waals surface area contributed by atoms with Crippen molar-refractivity contribution in [1.29, 1.82) is 0 Å². The van der Waals surface area contributed by atoms with E-state index in [1.165, 1.54) is 11.1 Å². The van der Waals surface area contributed by atoms with Crippen LogP contribution in [-0.4, -0.2) is 55.0 Å². The number of anilines is 1. The summed E-state index contributed by atoms with van der Waals surface area (Å²) in [5.74, 6) is 0.303. The second kappa shape index (κ2) is 11.5. The van der Waals surface area contributed by atoms with Crippen LogP contribution in [0.2, 0.25) is 0 Å². The number of carbonyl (C=O) groups is 1. The van der Waals surface area contributed by atoms with E-state index in [0.29, 0.717) is 0 Å². The number of nitrogens with one attached hydrogen (secondary N) is 2. The van der Waals surface area contributed by atoms with Crippen LogP contribution in [0, 0.1) is 5.92 Å². The Morgan fingerprint density at radius 3 is 1.93 bits per heavy atom. The molecule has 2 aromatic rings. The monoisotopic (exact) mass is 428 g/mol. The number of halogens is 1. The van der Waals surface area contributed by atoms with Crippen molar-refractivity contribution in [2.45, 2.75) is 25.9 Å². The Kier molecular flexibility index (Phi) is 8.70. The van der Waals surface area contributed by atoms with Gasteiger partial charge in [-0.1, -0.05) is 42.5 Å². The molecule has 0 saturated carbocycles. The molecule has 1 amide bonds. The molecule has 2 fully saturated rings. The van der Waals surface area contributed by atoms with E-state index >= 15 is 0 Å². The Morgan fingerprint density at radius 1 is 0.833 bits per heavy atom. The average Bonchev–Trinajstić information content (AvgIpc) is 2.78. The minimum Gasteiger partial charge on any atom is -0.326 e. The first-order valence-corrected chi connectivity index (χ1v) is 10.9. The Bertz CT molecular complexity index is 770. The third-order valence-corrected chi connectivity index (χ3v) is 6.05. The SMILES string of the molecule is Cl.O=C(Nc1ccc(CN2CCN(Cc3ccccc3)CC2)cc1)C1CCNCC1. The summed E-state index contributed by atoms with van der Waals surface area (Å²) in [6.07, 6.45) is 1.86. The topological polar surface area (TPSA) is 47.6 Å². The molecular formula is C24H33ClN4O.